The van der Waals surface area contributed by atoms with Crippen LogP contribution in [0.4, 0.5) is 11.4 Å². The zero-order valence-corrected chi connectivity index (χ0v) is 20.5. The van der Waals surface area contributed by atoms with Crippen LogP contribution in [0.3, 0.4) is 0 Å². The molecular weight excluding hydrogens is 458 g/mol. The molecular formula is C24H31N3O6S. The summed E-state index contributed by atoms with van der Waals surface area (Å²) in [5.74, 6) is 0.366. The predicted octanol–water partition coefficient (Wildman–Crippen LogP) is 3.48. The number of carbonyl (C=O) groups is 2. The van der Waals surface area contributed by atoms with Crippen molar-refractivity contribution < 1.29 is 27.5 Å². The van der Waals surface area contributed by atoms with Crippen LogP contribution in [0, 0.1) is 5.92 Å². The molecule has 0 radical (unpaired) electrons. The molecule has 0 atom stereocenters. The van der Waals surface area contributed by atoms with Gasteiger partial charge in [0, 0.05) is 30.8 Å². The average molecular weight is 490 g/mol. The van der Waals surface area contributed by atoms with E-state index in [9.17, 15) is 18.0 Å². The molecule has 1 aliphatic carbocycles. The molecule has 0 heterocycles. The maximum Gasteiger partial charge on any atom is 0.262 e. The summed E-state index contributed by atoms with van der Waals surface area (Å²) < 4.78 is 38.2. The number of ether oxygens (including phenoxy) is 2. The van der Waals surface area contributed by atoms with Gasteiger partial charge < -0.3 is 20.1 Å². The van der Waals surface area contributed by atoms with Gasteiger partial charge in [-0.1, -0.05) is 19.9 Å². The van der Waals surface area contributed by atoms with Gasteiger partial charge in [0.05, 0.1) is 17.2 Å². The summed E-state index contributed by atoms with van der Waals surface area (Å²) in [5, 5.41) is 5.52. The summed E-state index contributed by atoms with van der Waals surface area (Å²) in [6.45, 7) is 6.04. The summed E-state index contributed by atoms with van der Waals surface area (Å²) in [5.41, 5.74) is 0.844. The first-order valence-electron chi connectivity index (χ1n) is 11.4. The van der Waals surface area contributed by atoms with Crippen molar-refractivity contribution in [2.24, 2.45) is 5.92 Å². The summed E-state index contributed by atoms with van der Waals surface area (Å²) in [4.78, 5) is 24.6. The van der Waals surface area contributed by atoms with Gasteiger partial charge in [-0.15, -0.1) is 0 Å². The number of nitrogens with zero attached hydrogens (tertiary/aromatic N) is 1. The molecule has 0 unspecified atom stereocenters. The van der Waals surface area contributed by atoms with Crippen molar-refractivity contribution >= 4 is 33.2 Å². The molecule has 3 rings (SSSR count). The fourth-order valence-corrected chi connectivity index (χ4v) is 4.83. The number of sulfonamides is 1. The monoisotopic (exact) mass is 489 g/mol. The standard InChI is InChI=1S/C24H31N3O6S/c1-4-27(5-2)34(30,31)20-12-13-22(32-6-3)21(15-20)26-23(28)16-33-19-9-7-8-18(14-19)25-24(29)17-10-11-17/h7-9,12-15,17H,4-6,10-11,16H2,1-3H3,(H,25,29)(H,26,28). The molecule has 2 N–H and O–H groups in total. The maximum absolute atomic E-state index is 12.9. The van der Waals surface area contributed by atoms with E-state index in [0.29, 0.717) is 36.9 Å². The zero-order chi connectivity index (χ0) is 24.7. The van der Waals surface area contributed by atoms with Crippen molar-refractivity contribution in [3.05, 3.63) is 42.5 Å². The predicted molar refractivity (Wildman–Crippen MR) is 130 cm³/mol. The third-order valence-electron chi connectivity index (χ3n) is 5.29. The van der Waals surface area contributed by atoms with E-state index in [1.807, 2.05) is 0 Å². The van der Waals surface area contributed by atoms with Crippen molar-refractivity contribution in [1.82, 2.24) is 4.31 Å². The van der Waals surface area contributed by atoms with E-state index < -0.39 is 15.9 Å². The molecule has 1 saturated carbocycles. The second-order valence-electron chi connectivity index (χ2n) is 7.81. The maximum atomic E-state index is 12.9. The Kier molecular flexibility index (Phi) is 8.51. The minimum Gasteiger partial charge on any atom is -0.492 e. The van der Waals surface area contributed by atoms with E-state index in [0.717, 1.165) is 12.8 Å². The van der Waals surface area contributed by atoms with Gasteiger partial charge in [0.1, 0.15) is 11.5 Å². The number of hydrogen-bond donors (Lipinski definition) is 2. The van der Waals surface area contributed by atoms with Crippen LogP contribution in [-0.2, 0) is 19.6 Å². The molecule has 184 valence electrons. The molecule has 34 heavy (non-hydrogen) atoms. The Balaban J connectivity index is 1.69. The Morgan fingerprint density at radius 3 is 2.38 bits per heavy atom. The van der Waals surface area contributed by atoms with Crippen LogP contribution in [0.25, 0.3) is 0 Å². The Morgan fingerprint density at radius 2 is 1.74 bits per heavy atom. The van der Waals surface area contributed by atoms with Gasteiger partial charge in [0.25, 0.3) is 5.91 Å². The SMILES string of the molecule is CCOc1ccc(S(=O)(=O)N(CC)CC)cc1NC(=O)COc1cccc(NC(=O)C2CC2)c1. The molecule has 2 amide bonds. The van der Waals surface area contributed by atoms with E-state index in [1.54, 1.807) is 45.0 Å². The Morgan fingerprint density at radius 1 is 1.00 bits per heavy atom. The average Bonchev–Trinajstić information content (AvgIpc) is 3.65. The van der Waals surface area contributed by atoms with E-state index >= 15 is 0 Å². The molecule has 0 aliphatic heterocycles. The van der Waals surface area contributed by atoms with Crippen LogP contribution in [0.5, 0.6) is 11.5 Å². The first-order chi connectivity index (χ1) is 16.3. The van der Waals surface area contributed by atoms with Crippen LogP contribution >= 0.6 is 0 Å². The first kappa shape index (κ1) is 25.5. The normalized spacial score (nSPS) is 13.4. The van der Waals surface area contributed by atoms with E-state index in [1.165, 1.54) is 22.5 Å². The molecule has 0 aromatic heterocycles. The minimum absolute atomic E-state index is 0.0158. The number of nitrogens with one attached hydrogen (secondary N) is 2. The summed E-state index contributed by atoms with van der Waals surface area (Å²) in [6, 6.07) is 11.2. The van der Waals surface area contributed by atoms with Gasteiger partial charge in [0.2, 0.25) is 15.9 Å². The first-order valence-corrected chi connectivity index (χ1v) is 12.8. The van der Waals surface area contributed by atoms with Crippen LogP contribution in [-0.4, -0.2) is 50.8 Å². The van der Waals surface area contributed by atoms with Crippen molar-refractivity contribution in [3.63, 3.8) is 0 Å². The third-order valence-corrected chi connectivity index (χ3v) is 7.33. The lowest BCUT2D eigenvalue weighted by molar-refractivity contribution is -0.118. The number of amides is 2. The largest absolute Gasteiger partial charge is 0.492 e. The molecule has 1 fully saturated rings. The van der Waals surface area contributed by atoms with E-state index in [-0.39, 0.29) is 29.0 Å². The highest BCUT2D eigenvalue weighted by Gasteiger charge is 2.29. The lowest BCUT2D eigenvalue weighted by Gasteiger charge is -2.20. The lowest BCUT2D eigenvalue weighted by Crippen LogP contribution is -2.30. The highest BCUT2D eigenvalue weighted by molar-refractivity contribution is 7.89. The Labute approximate surface area is 200 Å². The molecule has 1 aliphatic rings. The van der Waals surface area contributed by atoms with E-state index in [4.69, 9.17) is 9.47 Å². The number of hydrogen-bond acceptors (Lipinski definition) is 6. The lowest BCUT2D eigenvalue weighted by atomic mass is 10.2. The Bertz CT molecular complexity index is 1130. The van der Waals surface area contributed by atoms with Gasteiger partial charge in [-0.3, -0.25) is 9.59 Å². The van der Waals surface area contributed by atoms with Crippen LogP contribution in [0.1, 0.15) is 33.6 Å². The van der Waals surface area contributed by atoms with Crippen molar-refractivity contribution in [2.45, 2.75) is 38.5 Å². The number of benzene rings is 2. The minimum atomic E-state index is -3.70. The summed E-state index contributed by atoms with van der Waals surface area (Å²) in [6.07, 6.45) is 1.81. The van der Waals surface area contributed by atoms with Crippen molar-refractivity contribution in [2.75, 3.05) is 36.9 Å². The molecule has 0 spiro atoms. The van der Waals surface area contributed by atoms with E-state index in [2.05, 4.69) is 10.6 Å². The molecule has 0 bridgehead atoms. The molecule has 10 heteroatoms. The number of anilines is 2. The van der Waals surface area contributed by atoms with Gasteiger partial charge in [0.15, 0.2) is 6.61 Å². The van der Waals surface area contributed by atoms with Crippen LogP contribution < -0.4 is 20.1 Å². The fourth-order valence-electron chi connectivity index (χ4n) is 3.35. The Hall–Kier alpha value is -3.11. The molecule has 0 saturated heterocycles. The topological polar surface area (TPSA) is 114 Å². The molecule has 2 aromatic carbocycles. The zero-order valence-electron chi connectivity index (χ0n) is 19.7. The highest BCUT2D eigenvalue weighted by atomic mass is 32.2. The second kappa shape index (κ2) is 11.3. The van der Waals surface area contributed by atoms with Gasteiger partial charge >= 0.3 is 0 Å². The summed E-state index contributed by atoms with van der Waals surface area (Å²) in [7, 11) is -3.70. The number of carbonyl (C=O) groups excluding carboxylic acids is 2. The molecule has 2 aromatic rings. The fraction of sp³-hybridized carbons (Fsp3) is 0.417. The van der Waals surface area contributed by atoms with Crippen LogP contribution in [0.2, 0.25) is 0 Å². The quantitative estimate of drug-likeness (QED) is 0.472. The van der Waals surface area contributed by atoms with Gasteiger partial charge in [-0.25, -0.2) is 8.42 Å². The van der Waals surface area contributed by atoms with Crippen molar-refractivity contribution in [3.8, 4) is 11.5 Å². The van der Waals surface area contributed by atoms with Gasteiger partial charge in [-0.2, -0.15) is 4.31 Å². The second-order valence-corrected chi connectivity index (χ2v) is 9.75. The highest BCUT2D eigenvalue weighted by Crippen LogP contribution is 2.31. The number of rotatable bonds is 12. The van der Waals surface area contributed by atoms with Crippen molar-refractivity contribution in [1.29, 1.82) is 0 Å². The third kappa shape index (κ3) is 6.48. The smallest absolute Gasteiger partial charge is 0.262 e. The van der Waals surface area contributed by atoms with Crippen LogP contribution in [0.15, 0.2) is 47.4 Å². The summed E-state index contributed by atoms with van der Waals surface area (Å²) >= 11 is 0. The van der Waals surface area contributed by atoms with Gasteiger partial charge in [-0.05, 0) is 50.1 Å². The molecule has 9 nitrogen and oxygen atoms in total.